The van der Waals surface area contributed by atoms with Crippen molar-refractivity contribution in [3.63, 3.8) is 0 Å². The lowest BCUT2D eigenvalue weighted by Gasteiger charge is -2.33. The largest absolute Gasteiger partial charge is 0.343 e. The number of benzene rings is 1. The fourth-order valence-electron chi connectivity index (χ4n) is 5.70. The molecule has 2 nitrogen and oxygen atoms in total. The first-order chi connectivity index (χ1) is 18.0. The molecule has 38 heavy (non-hydrogen) atoms. The van der Waals surface area contributed by atoms with Crippen molar-refractivity contribution in [1.29, 1.82) is 0 Å². The lowest BCUT2D eigenvalue weighted by Crippen LogP contribution is -2.38. The molecule has 1 unspecified atom stereocenters. The second-order valence-electron chi connectivity index (χ2n) is 12.2. The summed E-state index contributed by atoms with van der Waals surface area (Å²) in [5.41, 5.74) is 9.83. The van der Waals surface area contributed by atoms with Crippen LogP contribution in [0.25, 0.3) is 5.57 Å². The van der Waals surface area contributed by atoms with E-state index in [0.29, 0.717) is 36.0 Å². The Morgan fingerprint density at radius 1 is 1.11 bits per heavy atom. The van der Waals surface area contributed by atoms with E-state index >= 15 is 0 Å². The minimum absolute atomic E-state index is 0.319. The zero-order valence-corrected chi connectivity index (χ0v) is 26.0. The first kappa shape index (κ1) is 31.9. The molecule has 1 aliphatic rings. The molecule has 1 fully saturated rings. The van der Waals surface area contributed by atoms with E-state index in [1.165, 1.54) is 39.0 Å². The number of allylic oxidation sites excluding steroid dienone is 7. The molecule has 1 aromatic carbocycles. The summed E-state index contributed by atoms with van der Waals surface area (Å²) < 4.78 is 0. The first-order valence-corrected chi connectivity index (χ1v) is 15.2. The maximum absolute atomic E-state index is 12.6. The summed E-state index contributed by atoms with van der Waals surface area (Å²) in [6, 6.07) is 7.14. The third-order valence-electron chi connectivity index (χ3n) is 8.27. The summed E-state index contributed by atoms with van der Waals surface area (Å²) in [6.07, 6.45) is 12.6. The molecule has 2 rings (SSSR count). The van der Waals surface area contributed by atoms with E-state index in [1.807, 2.05) is 6.08 Å². The van der Waals surface area contributed by atoms with Crippen molar-refractivity contribution in [3.8, 4) is 0 Å². The molecule has 0 saturated carbocycles. The maximum Gasteiger partial charge on any atom is 0.222 e. The number of nitrogens with zero attached hydrogens (tertiary/aromatic N) is 1. The molecular formula is C36H55NO. The lowest BCUT2D eigenvalue weighted by molar-refractivity contribution is -0.133. The lowest BCUT2D eigenvalue weighted by atomic mass is 9.80. The molecule has 0 N–H and O–H groups in total. The molecule has 0 bridgehead atoms. The third-order valence-corrected chi connectivity index (χ3v) is 8.27. The highest BCUT2D eigenvalue weighted by Crippen LogP contribution is 2.38. The van der Waals surface area contributed by atoms with Crippen LogP contribution < -0.4 is 0 Å². The number of hydrogen-bond donors (Lipinski definition) is 0. The average Bonchev–Trinajstić information content (AvgIpc) is 2.88. The number of aryl methyl sites for hydroxylation is 1. The van der Waals surface area contributed by atoms with Gasteiger partial charge in [0.05, 0.1) is 0 Å². The van der Waals surface area contributed by atoms with Crippen LogP contribution in [0.3, 0.4) is 0 Å². The Bertz CT molecular complexity index is 1030. The van der Waals surface area contributed by atoms with Crippen LogP contribution in [-0.4, -0.2) is 23.9 Å². The van der Waals surface area contributed by atoms with Crippen LogP contribution in [0.15, 0.2) is 59.7 Å². The Kier molecular flexibility index (Phi) is 12.8. The Balaban J connectivity index is 2.53. The second kappa shape index (κ2) is 15.3. The van der Waals surface area contributed by atoms with Gasteiger partial charge in [0.1, 0.15) is 0 Å². The Morgan fingerprint density at radius 2 is 1.76 bits per heavy atom. The minimum Gasteiger partial charge on any atom is -0.343 e. The molecule has 1 saturated heterocycles. The van der Waals surface area contributed by atoms with E-state index in [-0.39, 0.29) is 0 Å². The number of likely N-dealkylation sites (tertiary alicyclic amines) is 1. The molecule has 1 aromatic rings. The topological polar surface area (TPSA) is 20.3 Å². The van der Waals surface area contributed by atoms with Gasteiger partial charge in [-0.25, -0.2) is 0 Å². The molecular weight excluding hydrogens is 462 g/mol. The standard InChI is InChI=1S/C36H55NO/c1-11-14-32(23-29(10)27(8)13-3)33(15-12-2)36(26(6)7)34-24-31(17-16-28(34)9)30-18-20-37(21-19-30)35(38)22-25(4)5/h11,14,16-17,23-27,30H,1,12-13,15,18-22H2,2-10H3/b29-23-,32-14+,36-33+. The van der Waals surface area contributed by atoms with Gasteiger partial charge in [-0.3, -0.25) is 4.79 Å². The van der Waals surface area contributed by atoms with Gasteiger partial charge < -0.3 is 4.90 Å². The van der Waals surface area contributed by atoms with E-state index in [1.54, 1.807) is 0 Å². The second-order valence-corrected chi connectivity index (χ2v) is 12.2. The number of amides is 1. The zero-order chi connectivity index (χ0) is 28.4. The fourth-order valence-corrected chi connectivity index (χ4v) is 5.70. The monoisotopic (exact) mass is 517 g/mol. The molecule has 2 heteroatoms. The first-order valence-electron chi connectivity index (χ1n) is 15.2. The highest BCUT2D eigenvalue weighted by atomic mass is 16.2. The van der Waals surface area contributed by atoms with Crippen molar-refractivity contribution in [2.75, 3.05) is 13.1 Å². The van der Waals surface area contributed by atoms with Gasteiger partial charge >= 0.3 is 0 Å². The minimum atomic E-state index is 0.319. The summed E-state index contributed by atoms with van der Waals surface area (Å²) in [5, 5.41) is 0. The van der Waals surface area contributed by atoms with Gasteiger partial charge in [0.15, 0.2) is 0 Å². The van der Waals surface area contributed by atoms with Gasteiger partial charge in [0.2, 0.25) is 5.91 Å². The van der Waals surface area contributed by atoms with E-state index in [9.17, 15) is 4.79 Å². The van der Waals surface area contributed by atoms with Crippen LogP contribution in [0.1, 0.15) is 117 Å². The fraction of sp³-hybridized carbons (Fsp3) is 0.583. The van der Waals surface area contributed by atoms with E-state index in [0.717, 1.165) is 45.2 Å². The maximum atomic E-state index is 12.6. The molecule has 1 aliphatic heterocycles. The van der Waals surface area contributed by atoms with Crippen LogP contribution in [0.5, 0.6) is 0 Å². The highest BCUT2D eigenvalue weighted by molar-refractivity contribution is 5.78. The van der Waals surface area contributed by atoms with Crippen molar-refractivity contribution in [2.45, 2.75) is 107 Å². The number of hydrogen-bond acceptors (Lipinski definition) is 1. The Labute approximate surface area is 235 Å². The SMILES string of the molecule is C=C/C=C(\C=C(\C)C(C)CC)C(/CCC)=C(/c1cc(C2CCN(C(=O)CC(C)C)CC2)ccc1C)C(C)C. The van der Waals surface area contributed by atoms with Crippen molar-refractivity contribution >= 4 is 11.5 Å². The molecule has 0 radical (unpaired) electrons. The van der Waals surface area contributed by atoms with Crippen LogP contribution in [0.2, 0.25) is 0 Å². The molecule has 1 amide bonds. The van der Waals surface area contributed by atoms with Crippen LogP contribution in [-0.2, 0) is 4.79 Å². The third kappa shape index (κ3) is 8.58. The number of rotatable bonds is 12. The smallest absolute Gasteiger partial charge is 0.222 e. The Morgan fingerprint density at radius 3 is 2.29 bits per heavy atom. The molecule has 0 aromatic heterocycles. The van der Waals surface area contributed by atoms with Crippen molar-refractivity contribution in [2.24, 2.45) is 17.8 Å². The van der Waals surface area contributed by atoms with Gasteiger partial charge in [-0.1, -0.05) is 103 Å². The van der Waals surface area contributed by atoms with E-state index in [4.69, 9.17) is 0 Å². The predicted octanol–water partition coefficient (Wildman–Crippen LogP) is 10.1. The van der Waals surface area contributed by atoms with Crippen LogP contribution in [0.4, 0.5) is 0 Å². The molecule has 1 atom stereocenters. The van der Waals surface area contributed by atoms with Crippen molar-refractivity contribution in [3.05, 3.63) is 76.4 Å². The van der Waals surface area contributed by atoms with Crippen LogP contribution in [0, 0.1) is 24.7 Å². The average molecular weight is 518 g/mol. The van der Waals surface area contributed by atoms with Gasteiger partial charge in [-0.2, -0.15) is 0 Å². The summed E-state index contributed by atoms with van der Waals surface area (Å²) in [4.78, 5) is 14.7. The van der Waals surface area contributed by atoms with E-state index in [2.05, 4.69) is 104 Å². The molecule has 210 valence electrons. The summed E-state index contributed by atoms with van der Waals surface area (Å²) >= 11 is 0. The highest BCUT2D eigenvalue weighted by Gasteiger charge is 2.25. The van der Waals surface area contributed by atoms with Crippen molar-refractivity contribution < 1.29 is 4.79 Å². The Hall–Kier alpha value is -2.35. The van der Waals surface area contributed by atoms with Crippen molar-refractivity contribution in [1.82, 2.24) is 4.90 Å². The molecule has 1 heterocycles. The van der Waals surface area contributed by atoms with Crippen LogP contribution >= 0.6 is 0 Å². The van der Waals surface area contributed by atoms with E-state index < -0.39 is 0 Å². The number of piperidine rings is 1. The van der Waals surface area contributed by atoms with Gasteiger partial charge in [0.25, 0.3) is 0 Å². The summed E-state index contributed by atoms with van der Waals surface area (Å²) in [7, 11) is 0. The number of carbonyl (C=O) groups is 1. The summed E-state index contributed by atoms with van der Waals surface area (Å²) in [6.45, 7) is 26.1. The molecule has 0 spiro atoms. The molecule has 0 aliphatic carbocycles. The quantitative estimate of drug-likeness (QED) is 0.253. The zero-order valence-electron chi connectivity index (χ0n) is 26.0. The van der Waals surface area contributed by atoms with Gasteiger partial charge in [-0.15, -0.1) is 0 Å². The normalized spacial score (nSPS) is 17.2. The van der Waals surface area contributed by atoms with Gasteiger partial charge in [-0.05, 0) is 96.6 Å². The van der Waals surface area contributed by atoms with Gasteiger partial charge in [0, 0.05) is 19.5 Å². The number of carbonyl (C=O) groups excluding carboxylic acids is 1. The summed E-state index contributed by atoms with van der Waals surface area (Å²) in [5.74, 6) is 2.22. The predicted molar refractivity (Wildman–Crippen MR) is 167 cm³/mol.